The molecule has 0 saturated carbocycles. The smallest absolute Gasteiger partial charge is 0.228 e. The molecule has 1 fully saturated rings. The van der Waals surface area contributed by atoms with Gasteiger partial charge in [0.05, 0.1) is 0 Å². The first-order chi connectivity index (χ1) is 7.75. The van der Waals surface area contributed by atoms with Gasteiger partial charge in [-0.15, -0.1) is 24.8 Å². The van der Waals surface area contributed by atoms with Crippen molar-refractivity contribution in [3.8, 4) is 0 Å². The fourth-order valence-electron chi connectivity index (χ4n) is 1.85. The monoisotopic (exact) mass is 291 g/mol. The Morgan fingerprint density at radius 3 is 2.56 bits per heavy atom. The summed E-state index contributed by atoms with van der Waals surface area (Å²) in [6, 6.07) is 3.79. The Morgan fingerprint density at radius 1 is 1.33 bits per heavy atom. The third-order valence-electron chi connectivity index (χ3n) is 2.87. The van der Waals surface area contributed by atoms with Crippen molar-refractivity contribution >= 4 is 36.5 Å². The molecule has 2 heterocycles. The first-order valence-electron chi connectivity index (χ1n) is 5.70. The van der Waals surface area contributed by atoms with Crippen molar-refractivity contribution in [2.24, 2.45) is 5.92 Å². The Hall–Kier alpha value is -0.840. The molecule has 0 radical (unpaired) electrons. The van der Waals surface area contributed by atoms with E-state index < -0.39 is 0 Å². The summed E-state index contributed by atoms with van der Waals surface area (Å²) in [6.07, 6.45) is 3.59. The molecule has 4 nitrogen and oxygen atoms in total. The number of nitrogens with zero attached hydrogens (tertiary/aromatic N) is 1. The summed E-state index contributed by atoms with van der Waals surface area (Å²) in [7, 11) is 0. The van der Waals surface area contributed by atoms with E-state index in [1.807, 2.05) is 19.1 Å². The minimum absolute atomic E-state index is 0. The average molecular weight is 292 g/mol. The summed E-state index contributed by atoms with van der Waals surface area (Å²) in [4.78, 5) is 16.0. The Balaban J connectivity index is 0.00000144. The second kappa shape index (κ2) is 8.29. The molecule has 0 unspecified atom stereocenters. The largest absolute Gasteiger partial charge is 0.317 e. The molecule has 1 aliphatic heterocycles. The SMILES string of the molecule is Cc1ccc(NC(=O)C2CCNCC2)nc1.Cl.Cl. The van der Waals surface area contributed by atoms with E-state index in [1.54, 1.807) is 6.20 Å². The number of amides is 1. The average Bonchev–Trinajstić information content (AvgIpc) is 2.33. The third kappa shape index (κ3) is 4.80. The first kappa shape index (κ1) is 17.2. The number of pyridine rings is 1. The standard InChI is InChI=1S/C12H17N3O.2ClH/c1-9-2-3-11(14-8-9)15-12(16)10-4-6-13-7-5-10;;/h2-3,8,10,13H,4-7H2,1H3,(H,14,15,16);2*1H. The van der Waals surface area contributed by atoms with Crippen molar-refractivity contribution in [1.29, 1.82) is 0 Å². The third-order valence-corrected chi connectivity index (χ3v) is 2.87. The first-order valence-corrected chi connectivity index (χ1v) is 5.70. The van der Waals surface area contributed by atoms with Crippen LogP contribution >= 0.6 is 24.8 Å². The Labute approximate surface area is 120 Å². The maximum Gasteiger partial charge on any atom is 0.228 e. The van der Waals surface area contributed by atoms with Gasteiger partial charge in [0.1, 0.15) is 5.82 Å². The molecule has 1 aromatic heterocycles. The molecule has 0 bridgehead atoms. The molecule has 0 aromatic carbocycles. The lowest BCUT2D eigenvalue weighted by atomic mass is 9.97. The van der Waals surface area contributed by atoms with Gasteiger partial charge in [-0.2, -0.15) is 0 Å². The number of hydrogen-bond donors (Lipinski definition) is 2. The van der Waals surface area contributed by atoms with E-state index in [9.17, 15) is 4.79 Å². The number of carbonyl (C=O) groups excluding carboxylic acids is 1. The molecule has 2 N–H and O–H groups in total. The van der Waals surface area contributed by atoms with Gasteiger partial charge < -0.3 is 10.6 Å². The lowest BCUT2D eigenvalue weighted by molar-refractivity contribution is -0.120. The number of aromatic nitrogens is 1. The maximum absolute atomic E-state index is 11.9. The summed E-state index contributed by atoms with van der Waals surface area (Å²) in [5.74, 6) is 0.872. The highest BCUT2D eigenvalue weighted by Gasteiger charge is 2.20. The number of hydrogen-bond acceptors (Lipinski definition) is 3. The van der Waals surface area contributed by atoms with Crippen LogP contribution < -0.4 is 10.6 Å². The van der Waals surface area contributed by atoms with Crippen molar-refractivity contribution in [2.45, 2.75) is 19.8 Å². The number of piperidine rings is 1. The van der Waals surface area contributed by atoms with E-state index in [4.69, 9.17) is 0 Å². The van der Waals surface area contributed by atoms with E-state index in [-0.39, 0.29) is 36.6 Å². The zero-order valence-corrected chi connectivity index (χ0v) is 11.9. The molecule has 6 heteroatoms. The van der Waals surface area contributed by atoms with Gasteiger partial charge >= 0.3 is 0 Å². The van der Waals surface area contributed by atoms with Crippen LogP contribution in [0.15, 0.2) is 18.3 Å². The normalized spacial score (nSPS) is 15.2. The summed E-state index contributed by atoms with van der Waals surface area (Å²) in [5, 5.41) is 6.11. The number of halogens is 2. The Kier molecular flexibility index (Phi) is 7.91. The van der Waals surface area contributed by atoms with Gasteiger partial charge in [0.15, 0.2) is 0 Å². The van der Waals surface area contributed by atoms with Crippen molar-refractivity contribution in [2.75, 3.05) is 18.4 Å². The fraction of sp³-hybridized carbons (Fsp3) is 0.500. The van der Waals surface area contributed by atoms with Crippen LogP contribution in [-0.2, 0) is 4.79 Å². The predicted molar refractivity (Wildman–Crippen MR) is 77.7 cm³/mol. The van der Waals surface area contributed by atoms with E-state index >= 15 is 0 Å². The molecule has 1 saturated heterocycles. The van der Waals surface area contributed by atoms with E-state index in [2.05, 4.69) is 15.6 Å². The van der Waals surface area contributed by atoms with E-state index in [0.29, 0.717) is 5.82 Å². The number of nitrogens with one attached hydrogen (secondary N) is 2. The minimum Gasteiger partial charge on any atom is -0.317 e. The van der Waals surface area contributed by atoms with Crippen molar-refractivity contribution in [3.63, 3.8) is 0 Å². The van der Waals surface area contributed by atoms with Gasteiger partial charge in [0.2, 0.25) is 5.91 Å². The quantitative estimate of drug-likeness (QED) is 0.878. The zero-order chi connectivity index (χ0) is 11.4. The molecule has 0 spiro atoms. The molecule has 18 heavy (non-hydrogen) atoms. The van der Waals surface area contributed by atoms with Gasteiger partial charge in [0, 0.05) is 12.1 Å². The Morgan fingerprint density at radius 2 is 2.00 bits per heavy atom. The number of rotatable bonds is 2. The minimum atomic E-state index is 0. The fourth-order valence-corrected chi connectivity index (χ4v) is 1.85. The molecular formula is C12H19Cl2N3O. The van der Waals surface area contributed by atoms with Gasteiger partial charge in [0.25, 0.3) is 0 Å². The van der Waals surface area contributed by atoms with Crippen LogP contribution in [0.2, 0.25) is 0 Å². The lowest BCUT2D eigenvalue weighted by Crippen LogP contribution is -2.34. The molecular weight excluding hydrogens is 273 g/mol. The highest BCUT2D eigenvalue weighted by molar-refractivity contribution is 5.91. The van der Waals surface area contributed by atoms with Crippen LogP contribution in [0.1, 0.15) is 18.4 Å². The number of aryl methyl sites for hydroxylation is 1. The zero-order valence-electron chi connectivity index (χ0n) is 10.3. The number of carbonyl (C=O) groups is 1. The predicted octanol–water partition coefficient (Wildman–Crippen LogP) is 2.17. The summed E-state index contributed by atoms with van der Waals surface area (Å²) >= 11 is 0. The molecule has 1 amide bonds. The number of anilines is 1. The van der Waals surface area contributed by atoms with E-state index in [1.165, 1.54) is 0 Å². The van der Waals surface area contributed by atoms with Crippen LogP contribution in [-0.4, -0.2) is 24.0 Å². The molecule has 1 aliphatic rings. The second-order valence-electron chi connectivity index (χ2n) is 4.23. The van der Waals surface area contributed by atoms with Gasteiger partial charge in [-0.05, 0) is 44.5 Å². The summed E-state index contributed by atoms with van der Waals surface area (Å²) in [6.45, 7) is 3.84. The van der Waals surface area contributed by atoms with Crippen molar-refractivity contribution < 1.29 is 4.79 Å². The maximum atomic E-state index is 11.9. The molecule has 102 valence electrons. The van der Waals surface area contributed by atoms with Crippen LogP contribution in [0.5, 0.6) is 0 Å². The van der Waals surface area contributed by atoms with Gasteiger partial charge in [-0.3, -0.25) is 4.79 Å². The molecule has 0 aliphatic carbocycles. The summed E-state index contributed by atoms with van der Waals surface area (Å²) < 4.78 is 0. The molecule has 0 atom stereocenters. The second-order valence-corrected chi connectivity index (χ2v) is 4.23. The molecule has 1 aromatic rings. The highest BCUT2D eigenvalue weighted by Crippen LogP contribution is 2.14. The highest BCUT2D eigenvalue weighted by atomic mass is 35.5. The molecule has 2 rings (SSSR count). The van der Waals surface area contributed by atoms with Crippen LogP contribution in [0.25, 0.3) is 0 Å². The Bertz CT molecular complexity index is 364. The van der Waals surface area contributed by atoms with E-state index in [0.717, 1.165) is 31.5 Å². The van der Waals surface area contributed by atoms with Crippen molar-refractivity contribution in [3.05, 3.63) is 23.9 Å². The van der Waals surface area contributed by atoms with Gasteiger partial charge in [-0.1, -0.05) is 6.07 Å². The topological polar surface area (TPSA) is 54.0 Å². The van der Waals surface area contributed by atoms with Crippen LogP contribution in [0.4, 0.5) is 5.82 Å². The summed E-state index contributed by atoms with van der Waals surface area (Å²) in [5.41, 5.74) is 1.10. The van der Waals surface area contributed by atoms with Crippen LogP contribution in [0, 0.1) is 12.8 Å². The van der Waals surface area contributed by atoms with Crippen molar-refractivity contribution in [1.82, 2.24) is 10.3 Å². The van der Waals surface area contributed by atoms with Gasteiger partial charge in [-0.25, -0.2) is 4.98 Å². The lowest BCUT2D eigenvalue weighted by Gasteiger charge is -2.21. The van der Waals surface area contributed by atoms with Crippen LogP contribution in [0.3, 0.4) is 0 Å².